The molecule has 0 aliphatic carbocycles. The van der Waals surface area contributed by atoms with Crippen LogP contribution in [0, 0.1) is 5.92 Å². The molecule has 0 unspecified atom stereocenters. The third-order valence-electron chi connectivity index (χ3n) is 10.1. The van der Waals surface area contributed by atoms with Crippen molar-refractivity contribution in [3.63, 3.8) is 0 Å². The van der Waals surface area contributed by atoms with Crippen LogP contribution in [-0.2, 0) is 0 Å². The summed E-state index contributed by atoms with van der Waals surface area (Å²) < 4.78 is 6.13. The predicted octanol–water partition coefficient (Wildman–Crippen LogP) is 14.5. The quantitative estimate of drug-likeness (QED) is 0.110. The van der Waals surface area contributed by atoms with Crippen LogP contribution in [-0.4, -0.2) is 24.0 Å². The molecule has 0 aliphatic rings. The van der Waals surface area contributed by atoms with Gasteiger partial charge in [0.1, 0.15) is 5.75 Å². The molecular formula is C53H51N3O. The zero-order valence-electron chi connectivity index (χ0n) is 33.9. The largest absolute Gasteiger partial charge is 0.493 e. The minimum atomic E-state index is 0.390. The summed E-state index contributed by atoms with van der Waals surface area (Å²) >= 11 is 0. The van der Waals surface area contributed by atoms with Gasteiger partial charge in [0, 0.05) is 12.1 Å². The number of aromatic nitrogens is 1. The molecule has 0 fully saturated rings. The number of hydrogen-bond acceptors (Lipinski definition) is 4. The molecule has 0 N–H and O–H groups in total. The molecule has 7 rings (SSSR count). The highest BCUT2D eigenvalue weighted by Gasteiger charge is 2.08. The van der Waals surface area contributed by atoms with Crippen molar-refractivity contribution in [1.29, 1.82) is 0 Å². The number of nitrogens with zero attached hydrogens (tertiary/aromatic N) is 3. The summed E-state index contributed by atoms with van der Waals surface area (Å²) in [6.07, 6.45) is 3.58. The van der Waals surface area contributed by atoms with Gasteiger partial charge in [-0.3, -0.25) is 9.98 Å². The van der Waals surface area contributed by atoms with E-state index in [0.29, 0.717) is 35.7 Å². The van der Waals surface area contributed by atoms with E-state index in [0.717, 1.165) is 28.3 Å². The van der Waals surface area contributed by atoms with Gasteiger partial charge < -0.3 is 4.74 Å². The van der Waals surface area contributed by atoms with E-state index in [1.165, 1.54) is 44.5 Å². The standard InChI is InChI=1S/C53H51N3O/c1-36(2)35-57-53-31-51(33-54-49-25-21-43(22-26-49)47-11-7-9-45(29-47)41-17-13-39(14-18-41)37(3)4)56-52(32-53)34-55-50-27-23-44(24-28-50)48-12-8-10-46(30-48)42-19-15-40(16-20-42)38(5)6/h7-34,36-38H,35H2,1-6H3. The summed E-state index contributed by atoms with van der Waals surface area (Å²) in [6, 6.07) is 55.7. The van der Waals surface area contributed by atoms with E-state index < -0.39 is 0 Å². The molecule has 4 heteroatoms. The molecule has 0 amide bonds. The lowest BCUT2D eigenvalue weighted by atomic mass is 9.96. The lowest BCUT2D eigenvalue weighted by Gasteiger charge is -2.10. The molecule has 4 nitrogen and oxygen atoms in total. The van der Waals surface area contributed by atoms with E-state index in [2.05, 4.69) is 163 Å². The van der Waals surface area contributed by atoms with Gasteiger partial charge in [-0.1, -0.05) is 151 Å². The van der Waals surface area contributed by atoms with Gasteiger partial charge in [-0.05, 0) is 110 Å². The van der Waals surface area contributed by atoms with Crippen molar-refractivity contribution in [2.45, 2.75) is 53.4 Å². The molecule has 0 saturated heterocycles. The Morgan fingerprint density at radius 1 is 0.439 bits per heavy atom. The van der Waals surface area contributed by atoms with Crippen molar-refractivity contribution in [3.8, 4) is 50.3 Å². The molecule has 0 saturated carbocycles. The minimum absolute atomic E-state index is 0.390. The first-order valence-corrected chi connectivity index (χ1v) is 20.0. The van der Waals surface area contributed by atoms with Crippen LogP contribution < -0.4 is 4.74 Å². The summed E-state index contributed by atoms with van der Waals surface area (Å²) in [4.78, 5) is 14.4. The number of rotatable bonds is 13. The lowest BCUT2D eigenvalue weighted by molar-refractivity contribution is 0.270. The molecule has 0 atom stereocenters. The third-order valence-corrected chi connectivity index (χ3v) is 10.1. The second kappa shape index (κ2) is 18.0. The Labute approximate surface area is 338 Å². The average Bonchev–Trinajstić information content (AvgIpc) is 3.24. The maximum absolute atomic E-state index is 6.13. The maximum Gasteiger partial charge on any atom is 0.123 e. The Morgan fingerprint density at radius 2 is 0.789 bits per heavy atom. The first-order valence-electron chi connectivity index (χ1n) is 20.0. The molecule has 0 radical (unpaired) electrons. The van der Waals surface area contributed by atoms with E-state index in [9.17, 15) is 0 Å². The topological polar surface area (TPSA) is 46.8 Å². The van der Waals surface area contributed by atoms with Crippen LogP contribution in [0.2, 0.25) is 0 Å². The van der Waals surface area contributed by atoms with E-state index in [4.69, 9.17) is 19.7 Å². The van der Waals surface area contributed by atoms with Crippen LogP contribution in [0.25, 0.3) is 44.5 Å². The maximum atomic E-state index is 6.13. The van der Waals surface area contributed by atoms with Crippen molar-refractivity contribution < 1.29 is 4.74 Å². The highest BCUT2D eigenvalue weighted by atomic mass is 16.5. The van der Waals surface area contributed by atoms with Crippen LogP contribution in [0.1, 0.15) is 75.9 Å². The van der Waals surface area contributed by atoms with Gasteiger partial charge in [0.05, 0.1) is 41.8 Å². The summed E-state index contributed by atoms with van der Waals surface area (Å²) in [5.41, 5.74) is 15.3. The Hall–Kier alpha value is -6.39. The zero-order valence-corrected chi connectivity index (χ0v) is 33.9. The Balaban J connectivity index is 1.05. The second-order valence-corrected chi connectivity index (χ2v) is 15.7. The average molecular weight is 746 g/mol. The lowest BCUT2D eigenvalue weighted by Crippen LogP contribution is -2.06. The summed E-state index contributed by atoms with van der Waals surface area (Å²) in [7, 11) is 0. The number of aliphatic imine (C=N–C) groups is 2. The van der Waals surface area contributed by atoms with Crippen LogP contribution in [0.3, 0.4) is 0 Å². The summed E-state index contributed by atoms with van der Waals surface area (Å²) in [6.45, 7) is 13.8. The molecule has 0 spiro atoms. The molecule has 284 valence electrons. The predicted molar refractivity (Wildman–Crippen MR) is 242 cm³/mol. The minimum Gasteiger partial charge on any atom is -0.493 e. The number of hydrogen-bond donors (Lipinski definition) is 0. The molecular weight excluding hydrogens is 695 g/mol. The molecule has 57 heavy (non-hydrogen) atoms. The van der Waals surface area contributed by atoms with Gasteiger partial charge in [0.2, 0.25) is 0 Å². The molecule has 1 aromatic heterocycles. The third kappa shape index (κ3) is 10.3. The van der Waals surface area contributed by atoms with Gasteiger partial charge >= 0.3 is 0 Å². The van der Waals surface area contributed by atoms with Crippen LogP contribution in [0.4, 0.5) is 11.4 Å². The van der Waals surface area contributed by atoms with Crippen LogP contribution in [0.5, 0.6) is 5.75 Å². The number of ether oxygens (including phenoxy) is 1. The number of benzene rings is 6. The highest BCUT2D eigenvalue weighted by Crippen LogP contribution is 2.31. The number of pyridine rings is 1. The van der Waals surface area contributed by atoms with Gasteiger partial charge in [-0.15, -0.1) is 0 Å². The second-order valence-electron chi connectivity index (χ2n) is 15.7. The molecule has 7 aromatic rings. The van der Waals surface area contributed by atoms with E-state index in [1.807, 2.05) is 36.4 Å². The van der Waals surface area contributed by atoms with Gasteiger partial charge in [-0.2, -0.15) is 0 Å². The first-order chi connectivity index (χ1) is 27.7. The van der Waals surface area contributed by atoms with E-state index in [1.54, 1.807) is 12.4 Å². The molecule has 6 aromatic carbocycles. The van der Waals surface area contributed by atoms with Crippen molar-refractivity contribution in [1.82, 2.24) is 4.98 Å². The van der Waals surface area contributed by atoms with E-state index in [-0.39, 0.29) is 0 Å². The Kier molecular flexibility index (Phi) is 12.3. The SMILES string of the molecule is CC(C)COc1cc(C=Nc2ccc(-c3cccc(-c4ccc(C(C)C)cc4)c3)cc2)nc(C=Nc2ccc(-c3cccc(-c4ccc(C(C)C)cc4)c3)cc2)c1. The monoisotopic (exact) mass is 745 g/mol. The summed E-state index contributed by atoms with van der Waals surface area (Å²) in [5.74, 6) is 2.17. The summed E-state index contributed by atoms with van der Waals surface area (Å²) in [5, 5.41) is 0. The van der Waals surface area contributed by atoms with Crippen LogP contribution in [0.15, 0.2) is 168 Å². The van der Waals surface area contributed by atoms with Crippen molar-refractivity contribution in [2.24, 2.45) is 15.9 Å². The van der Waals surface area contributed by atoms with Gasteiger partial charge in [0.25, 0.3) is 0 Å². The molecule has 0 aliphatic heterocycles. The van der Waals surface area contributed by atoms with Gasteiger partial charge in [-0.25, -0.2) is 4.98 Å². The van der Waals surface area contributed by atoms with Crippen molar-refractivity contribution in [2.75, 3.05) is 6.61 Å². The fourth-order valence-corrected chi connectivity index (χ4v) is 6.66. The molecule has 0 bridgehead atoms. The fraction of sp³-hybridized carbons (Fsp3) is 0.189. The van der Waals surface area contributed by atoms with Crippen molar-refractivity contribution in [3.05, 3.63) is 180 Å². The molecule has 1 heterocycles. The van der Waals surface area contributed by atoms with Gasteiger partial charge in [0.15, 0.2) is 0 Å². The van der Waals surface area contributed by atoms with E-state index >= 15 is 0 Å². The van der Waals surface area contributed by atoms with Crippen LogP contribution >= 0.6 is 0 Å². The first kappa shape index (κ1) is 38.9. The normalized spacial score (nSPS) is 11.7. The smallest absolute Gasteiger partial charge is 0.123 e. The zero-order chi connectivity index (χ0) is 39.7. The Bertz CT molecular complexity index is 2290. The van der Waals surface area contributed by atoms with Crippen molar-refractivity contribution >= 4 is 23.8 Å². The fourth-order valence-electron chi connectivity index (χ4n) is 6.66. The highest BCUT2D eigenvalue weighted by molar-refractivity contribution is 5.85. The Morgan fingerprint density at radius 3 is 1.12 bits per heavy atom.